The van der Waals surface area contributed by atoms with E-state index in [1.165, 1.54) is 23.5 Å². The number of benzene rings is 3. The largest absolute Gasteiger partial charge is 0.496 e. The van der Waals surface area contributed by atoms with E-state index >= 15 is 0 Å². The van der Waals surface area contributed by atoms with E-state index in [1.54, 1.807) is 40.9 Å². The Morgan fingerprint density at radius 2 is 1.73 bits per heavy atom. The predicted octanol–water partition coefficient (Wildman–Crippen LogP) is 5.23. The van der Waals surface area contributed by atoms with Gasteiger partial charge in [0.2, 0.25) is 0 Å². The second kappa shape index (κ2) is 13.9. The number of allylic oxidation sites excluding steroid dienone is 1. The molecule has 0 radical (unpaired) electrons. The number of rotatable bonds is 11. The Labute approximate surface area is 265 Å². The number of para-hydroxylation sites is 1. The van der Waals surface area contributed by atoms with Crippen LogP contribution in [0.5, 0.6) is 17.2 Å². The molecule has 234 valence electrons. The van der Waals surface area contributed by atoms with Gasteiger partial charge in [-0.3, -0.25) is 14.2 Å². The van der Waals surface area contributed by atoms with E-state index in [0.717, 1.165) is 11.1 Å². The highest BCUT2D eigenvalue weighted by Gasteiger charge is 2.35. The maximum atomic E-state index is 14.2. The maximum absolute atomic E-state index is 14.2. The summed E-state index contributed by atoms with van der Waals surface area (Å²) >= 11 is 1.26. The summed E-state index contributed by atoms with van der Waals surface area (Å²) in [5.41, 5.74) is 3.02. The van der Waals surface area contributed by atoms with Gasteiger partial charge in [-0.1, -0.05) is 47.7 Å². The Hall–Kier alpha value is -4.70. The molecule has 2 heterocycles. The summed E-state index contributed by atoms with van der Waals surface area (Å²) in [5, 5.41) is 0. The number of carbonyl (C=O) groups is 1. The molecule has 4 aromatic rings. The molecule has 8 nitrogen and oxygen atoms in total. The van der Waals surface area contributed by atoms with Gasteiger partial charge < -0.3 is 19.1 Å². The van der Waals surface area contributed by atoms with Gasteiger partial charge in [0.25, 0.3) is 11.5 Å². The van der Waals surface area contributed by atoms with Gasteiger partial charge >= 0.3 is 0 Å². The second-order valence-electron chi connectivity index (χ2n) is 10.4. The average molecular weight is 630 g/mol. The fraction of sp³-hybridized carbons (Fsp3) is 0.286. The van der Waals surface area contributed by atoms with Crippen LogP contribution in [0.3, 0.4) is 0 Å². The molecule has 0 N–H and O–H groups in total. The Kier molecular flexibility index (Phi) is 9.83. The SMILES string of the molecule is CCOc1cc(/C=c2/sc3n(c2=O)[C@@H](c2ccccc2OC)C(C(=O)N(CC)CC)=C(C)N=3)ccc1OCc1ccc(F)cc1. The molecule has 1 atom stereocenters. The fourth-order valence-corrected chi connectivity index (χ4v) is 6.40. The number of aromatic nitrogens is 1. The average Bonchev–Trinajstić information content (AvgIpc) is 3.35. The van der Waals surface area contributed by atoms with Crippen molar-refractivity contribution < 1.29 is 23.4 Å². The summed E-state index contributed by atoms with van der Waals surface area (Å²) < 4.78 is 32.9. The topological polar surface area (TPSA) is 82.4 Å². The standard InChI is InChI=1S/C35H36FN3O5S/c1-6-38(7-2)34(41)31-22(4)37-35-39(32(31)26-11-9-10-12-27(26)42-5)33(40)30(45-35)20-24-15-18-28(29(19-24)43-8-3)44-21-23-13-16-25(36)17-14-23/h9-20,32H,6-8,21H2,1-5H3/b30-20+/t32-/m0/s1. The van der Waals surface area contributed by atoms with Gasteiger partial charge in [0.1, 0.15) is 24.2 Å². The third-order valence-corrected chi connectivity index (χ3v) is 8.59. The van der Waals surface area contributed by atoms with Crippen LogP contribution >= 0.6 is 11.3 Å². The smallest absolute Gasteiger partial charge is 0.271 e. The molecule has 5 rings (SSSR count). The number of nitrogens with zero attached hydrogens (tertiary/aromatic N) is 3. The van der Waals surface area contributed by atoms with Gasteiger partial charge in [0.05, 0.1) is 29.5 Å². The molecule has 3 aromatic carbocycles. The molecule has 10 heteroatoms. The number of hydrogen-bond acceptors (Lipinski definition) is 7. The fourth-order valence-electron chi connectivity index (χ4n) is 5.36. The van der Waals surface area contributed by atoms with Gasteiger partial charge in [0.15, 0.2) is 16.3 Å². The van der Waals surface area contributed by atoms with Crippen molar-refractivity contribution in [2.75, 3.05) is 26.8 Å². The third kappa shape index (κ3) is 6.56. The van der Waals surface area contributed by atoms with Crippen molar-refractivity contribution in [2.45, 2.75) is 40.3 Å². The van der Waals surface area contributed by atoms with Gasteiger partial charge in [-0.15, -0.1) is 0 Å². The zero-order chi connectivity index (χ0) is 32.1. The molecule has 1 aliphatic heterocycles. The van der Waals surface area contributed by atoms with E-state index in [1.807, 2.05) is 64.1 Å². The lowest BCUT2D eigenvalue weighted by Gasteiger charge is -2.29. The summed E-state index contributed by atoms with van der Waals surface area (Å²) in [4.78, 5) is 35.0. The van der Waals surface area contributed by atoms with Crippen molar-refractivity contribution >= 4 is 23.3 Å². The van der Waals surface area contributed by atoms with E-state index in [0.29, 0.717) is 63.1 Å². The number of amides is 1. The van der Waals surface area contributed by atoms with Gasteiger partial charge in [0, 0.05) is 18.7 Å². The molecular formula is C35H36FN3O5S. The minimum atomic E-state index is -0.714. The summed E-state index contributed by atoms with van der Waals surface area (Å²) in [5.74, 6) is 1.17. The zero-order valence-electron chi connectivity index (χ0n) is 26.0. The van der Waals surface area contributed by atoms with Crippen LogP contribution in [-0.2, 0) is 11.4 Å². The Balaban J connectivity index is 1.59. The van der Waals surface area contributed by atoms with Crippen molar-refractivity contribution in [1.29, 1.82) is 0 Å². The first-order valence-electron chi connectivity index (χ1n) is 14.9. The van der Waals surface area contributed by atoms with Crippen LogP contribution in [0.1, 0.15) is 50.4 Å². The van der Waals surface area contributed by atoms with Crippen LogP contribution in [0.4, 0.5) is 4.39 Å². The lowest BCUT2D eigenvalue weighted by Crippen LogP contribution is -2.43. The van der Waals surface area contributed by atoms with E-state index in [-0.39, 0.29) is 23.9 Å². The minimum absolute atomic E-state index is 0.163. The van der Waals surface area contributed by atoms with Gasteiger partial charge in [-0.05, 0) is 75.2 Å². The van der Waals surface area contributed by atoms with Crippen LogP contribution in [0.15, 0.2) is 87.8 Å². The normalized spacial score (nSPS) is 14.5. The van der Waals surface area contributed by atoms with E-state index < -0.39 is 6.04 Å². The lowest BCUT2D eigenvalue weighted by molar-refractivity contribution is -0.127. The van der Waals surface area contributed by atoms with Gasteiger partial charge in [-0.25, -0.2) is 9.38 Å². The number of methoxy groups -OCH3 is 1. The summed E-state index contributed by atoms with van der Waals surface area (Å²) in [6.45, 7) is 9.28. The highest BCUT2D eigenvalue weighted by atomic mass is 32.1. The monoisotopic (exact) mass is 629 g/mol. The second-order valence-corrected chi connectivity index (χ2v) is 11.4. The number of thiazole rings is 1. The van der Waals surface area contributed by atoms with Crippen LogP contribution in [-0.4, -0.2) is 42.2 Å². The molecule has 45 heavy (non-hydrogen) atoms. The Morgan fingerprint density at radius 3 is 2.42 bits per heavy atom. The molecule has 1 aromatic heterocycles. The van der Waals surface area contributed by atoms with Crippen LogP contribution in [0.25, 0.3) is 6.08 Å². The molecule has 0 saturated heterocycles. The molecule has 0 fully saturated rings. The first-order chi connectivity index (χ1) is 21.8. The summed E-state index contributed by atoms with van der Waals surface area (Å²) in [7, 11) is 1.58. The zero-order valence-corrected chi connectivity index (χ0v) is 26.8. The quantitative estimate of drug-likeness (QED) is 0.227. The summed E-state index contributed by atoms with van der Waals surface area (Å²) in [6, 6.07) is 18.3. The molecule has 1 aliphatic rings. The number of hydrogen-bond donors (Lipinski definition) is 0. The maximum Gasteiger partial charge on any atom is 0.271 e. The van der Waals surface area contributed by atoms with Crippen LogP contribution < -0.4 is 29.1 Å². The third-order valence-electron chi connectivity index (χ3n) is 7.61. The van der Waals surface area contributed by atoms with E-state index in [9.17, 15) is 14.0 Å². The number of likely N-dealkylation sites (N-methyl/N-ethyl adjacent to an activating group) is 1. The van der Waals surface area contributed by atoms with Crippen molar-refractivity contribution in [2.24, 2.45) is 4.99 Å². The number of fused-ring (bicyclic) bond motifs is 1. The highest BCUT2D eigenvalue weighted by Crippen LogP contribution is 2.36. The van der Waals surface area contributed by atoms with Crippen molar-refractivity contribution in [3.05, 3.63) is 120 Å². The summed E-state index contributed by atoms with van der Waals surface area (Å²) in [6.07, 6.45) is 1.79. The highest BCUT2D eigenvalue weighted by molar-refractivity contribution is 7.07. The molecule has 0 saturated carbocycles. The molecule has 1 amide bonds. The molecule has 0 unspecified atom stereocenters. The molecule has 0 bridgehead atoms. The molecular weight excluding hydrogens is 593 g/mol. The van der Waals surface area contributed by atoms with Crippen molar-refractivity contribution in [3.63, 3.8) is 0 Å². The lowest BCUT2D eigenvalue weighted by atomic mass is 9.94. The van der Waals surface area contributed by atoms with Crippen LogP contribution in [0, 0.1) is 5.82 Å². The van der Waals surface area contributed by atoms with E-state index in [2.05, 4.69) is 0 Å². The van der Waals surface area contributed by atoms with Gasteiger partial charge in [-0.2, -0.15) is 0 Å². The van der Waals surface area contributed by atoms with Crippen molar-refractivity contribution in [3.8, 4) is 17.2 Å². The number of ether oxygens (including phenoxy) is 3. The first-order valence-corrected chi connectivity index (χ1v) is 15.7. The van der Waals surface area contributed by atoms with Crippen molar-refractivity contribution in [1.82, 2.24) is 9.47 Å². The Bertz CT molecular complexity index is 1910. The minimum Gasteiger partial charge on any atom is -0.496 e. The molecule has 0 aliphatic carbocycles. The van der Waals surface area contributed by atoms with E-state index in [4.69, 9.17) is 19.2 Å². The number of carbonyl (C=O) groups excluding carboxylic acids is 1. The number of halogens is 1. The first kappa shape index (κ1) is 31.7. The van der Waals surface area contributed by atoms with Crippen LogP contribution in [0.2, 0.25) is 0 Å². The predicted molar refractivity (Wildman–Crippen MR) is 173 cm³/mol. The molecule has 0 spiro atoms. The Morgan fingerprint density at radius 1 is 1.00 bits per heavy atom.